The molecule has 4 nitrogen and oxygen atoms in total. The van der Waals surface area contributed by atoms with Crippen LogP contribution >= 0.6 is 0 Å². The van der Waals surface area contributed by atoms with Crippen LogP contribution in [0.2, 0.25) is 0 Å². The molecule has 2 aromatic carbocycles. The van der Waals surface area contributed by atoms with Crippen LogP contribution in [0.3, 0.4) is 0 Å². The van der Waals surface area contributed by atoms with Crippen molar-refractivity contribution in [3.8, 4) is 22.9 Å². The van der Waals surface area contributed by atoms with E-state index in [1.807, 2.05) is 24.5 Å². The first-order valence-corrected chi connectivity index (χ1v) is 18.5. The number of hydrogen-bond donors (Lipinski definition) is 0. The average Bonchev–Trinajstić information content (AvgIpc) is 3.13. The number of ether oxygens (including phenoxy) is 2. The highest BCUT2D eigenvalue weighted by Gasteiger charge is 2.03. The van der Waals surface area contributed by atoms with Crippen LogP contribution in [0.25, 0.3) is 35.7 Å². The maximum absolute atomic E-state index is 5.95. The Hall–Kier alpha value is -4.18. The van der Waals surface area contributed by atoms with E-state index in [1.54, 1.807) is 0 Å². The Morgan fingerprint density at radius 2 is 0.771 bits per heavy atom. The summed E-state index contributed by atoms with van der Waals surface area (Å²) in [5.74, 6) is 1.87. The lowest BCUT2D eigenvalue weighted by molar-refractivity contribution is 0.304. The standard InChI is InChI=1S/C44H56N2O2/c1-3-5-7-9-11-13-15-33-47-41-25-21-37(22-26-41)17-19-39-29-31-45-43(35-39)44-36-40(30-32-46-44)20-18-38-23-27-42(28-24-38)48-34-16-14-12-10-8-6-4-2/h17-32,35-36H,3-16,33-34H2,1-2H3/b19-17+,20-18+. The Kier molecular flexibility index (Phi) is 17.1. The van der Waals surface area contributed by atoms with Crippen molar-refractivity contribution in [1.82, 2.24) is 9.97 Å². The molecule has 0 aliphatic heterocycles. The van der Waals surface area contributed by atoms with E-state index >= 15 is 0 Å². The van der Waals surface area contributed by atoms with Crippen LogP contribution in [-0.4, -0.2) is 23.2 Å². The molecule has 0 unspecified atom stereocenters. The number of pyridine rings is 2. The Bertz CT molecular complexity index is 1380. The van der Waals surface area contributed by atoms with Gasteiger partial charge in [0, 0.05) is 12.4 Å². The summed E-state index contributed by atoms with van der Waals surface area (Å²) in [6.07, 6.45) is 30.3. The molecule has 4 aromatic rings. The van der Waals surface area contributed by atoms with E-state index in [-0.39, 0.29) is 0 Å². The van der Waals surface area contributed by atoms with Gasteiger partial charge in [0.05, 0.1) is 24.6 Å². The Morgan fingerprint density at radius 3 is 1.17 bits per heavy atom. The first-order valence-electron chi connectivity index (χ1n) is 18.5. The summed E-state index contributed by atoms with van der Waals surface area (Å²) in [7, 11) is 0. The fourth-order valence-corrected chi connectivity index (χ4v) is 5.61. The summed E-state index contributed by atoms with van der Waals surface area (Å²) >= 11 is 0. The Labute approximate surface area is 290 Å². The van der Waals surface area contributed by atoms with E-state index < -0.39 is 0 Å². The van der Waals surface area contributed by atoms with Gasteiger partial charge in [-0.25, -0.2) is 0 Å². The highest BCUT2D eigenvalue weighted by Crippen LogP contribution is 2.21. The molecule has 0 saturated heterocycles. The largest absolute Gasteiger partial charge is 0.494 e. The predicted molar refractivity (Wildman–Crippen MR) is 205 cm³/mol. The number of unbranched alkanes of at least 4 members (excludes halogenated alkanes) is 12. The van der Waals surface area contributed by atoms with Gasteiger partial charge in [0.1, 0.15) is 11.5 Å². The molecule has 0 bridgehead atoms. The van der Waals surface area contributed by atoms with Gasteiger partial charge in [-0.05, 0) is 83.6 Å². The van der Waals surface area contributed by atoms with Crippen molar-refractivity contribution < 1.29 is 9.47 Å². The molecular formula is C44H56N2O2. The number of hydrogen-bond acceptors (Lipinski definition) is 4. The quantitative estimate of drug-likeness (QED) is 0.0754. The molecule has 4 heteroatoms. The summed E-state index contributed by atoms with van der Waals surface area (Å²) in [5.41, 5.74) is 6.13. The Morgan fingerprint density at radius 1 is 0.417 bits per heavy atom. The second-order valence-electron chi connectivity index (χ2n) is 12.7. The summed E-state index contributed by atoms with van der Waals surface area (Å²) in [5, 5.41) is 0. The SMILES string of the molecule is CCCCCCCCCOc1ccc(/C=C/c2ccnc(-c3cc(/C=C/c4ccc(OCCCCCCCCC)cc4)ccn3)c2)cc1. The zero-order valence-electron chi connectivity index (χ0n) is 29.4. The number of nitrogens with zero attached hydrogens (tertiary/aromatic N) is 2. The monoisotopic (exact) mass is 644 g/mol. The molecule has 0 radical (unpaired) electrons. The van der Waals surface area contributed by atoms with Gasteiger partial charge in [-0.2, -0.15) is 0 Å². The number of rotatable bonds is 23. The molecule has 0 saturated carbocycles. The van der Waals surface area contributed by atoms with Crippen molar-refractivity contribution in [2.75, 3.05) is 13.2 Å². The fraction of sp³-hybridized carbons (Fsp3) is 0.409. The van der Waals surface area contributed by atoms with E-state index in [0.717, 1.165) is 71.2 Å². The van der Waals surface area contributed by atoms with Crippen molar-refractivity contribution in [2.45, 2.75) is 104 Å². The first kappa shape index (κ1) is 36.7. The highest BCUT2D eigenvalue weighted by molar-refractivity contribution is 5.74. The molecule has 48 heavy (non-hydrogen) atoms. The molecule has 0 fully saturated rings. The first-order chi connectivity index (χ1) is 23.7. The van der Waals surface area contributed by atoms with E-state index in [1.165, 1.54) is 77.0 Å². The van der Waals surface area contributed by atoms with E-state index in [0.29, 0.717) is 0 Å². The van der Waals surface area contributed by atoms with Crippen molar-refractivity contribution in [3.05, 3.63) is 107 Å². The summed E-state index contributed by atoms with van der Waals surface area (Å²) in [6.45, 7) is 6.10. The van der Waals surface area contributed by atoms with Gasteiger partial charge in [0.2, 0.25) is 0 Å². The molecule has 0 atom stereocenters. The maximum Gasteiger partial charge on any atom is 0.119 e. The van der Waals surface area contributed by atoms with Gasteiger partial charge in [0.15, 0.2) is 0 Å². The van der Waals surface area contributed by atoms with Gasteiger partial charge < -0.3 is 9.47 Å². The van der Waals surface area contributed by atoms with Crippen LogP contribution in [0, 0.1) is 0 Å². The van der Waals surface area contributed by atoms with Gasteiger partial charge in [-0.15, -0.1) is 0 Å². The third-order valence-electron chi connectivity index (χ3n) is 8.56. The molecule has 0 aliphatic carbocycles. The van der Waals surface area contributed by atoms with Crippen LogP contribution in [0.1, 0.15) is 126 Å². The third-order valence-corrected chi connectivity index (χ3v) is 8.56. The Balaban J connectivity index is 1.22. The highest BCUT2D eigenvalue weighted by atomic mass is 16.5. The van der Waals surface area contributed by atoms with Crippen molar-refractivity contribution in [1.29, 1.82) is 0 Å². The van der Waals surface area contributed by atoms with Crippen molar-refractivity contribution >= 4 is 24.3 Å². The zero-order chi connectivity index (χ0) is 33.5. The molecule has 2 heterocycles. The van der Waals surface area contributed by atoms with Crippen molar-refractivity contribution in [3.63, 3.8) is 0 Å². The molecule has 0 N–H and O–H groups in total. The fourth-order valence-electron chi connectivity index (χ4n) is 5.61. The molecule has 0 amide bonds. The van der Waals surface area contributed by atoms with Crippen LogP contribution in [-0.2, 0) is 0 Å². The van der Waals surface area contributed by atoms with Crippen LogP contribution in [0.4, 0.5) is 0 Å². The van der Waals surface area contributed by atoms with Gasteiger partial charge >= 0.3 is 0 Å². The molecular weight excluding hydrogens is 588 g/mol. The summed E-state index contributed by atoms with van der Waals surface area (Å²) < 4.78 is 11.9. The second-order valence-corrected chi connectivity index (χ2v) is 12.7. The van der Waals surface area contributed by atoms with Crippen molar-refractivity contribution in [2.24, 2.45) is 0 Å². The lowest BCUT2D eigenvalue weighted by Gasteiger charge is -2.07. The average molecular weight is 645 g/mol. The topological polar surface area (TPSA) is 44.2 Å². The minimum absolute atomic E-state index is 0.787. The normalized spacial score (nSPS) is 11.5. The van der Waals surface area contributed by atoms with Crippen LogP contribution < -0.4 is 9.47 Å². The van der Waals surface area contributed by atoms with Crippen LogP contribution in [0.15, 0.2) is 85.2 Å². The lowest BCUT2D eigenvalue weighted by Crippen LogP contribution is -1.97. The minimum atomic E-state index is 0.787. The zero-order valence-corrected chi connectivity index (χ0v) is 29.4. The van der Waals surface area contributed by atoms with Gasteiger partial charge in [-0.3, -0.25) is 9.97 Å². The van der Waals surface area contributed by atoms with E-state index in [4.69, 9.17) is 9.47 Å². The molecule has 4 rings (SSSR count). The van der Waals surface area contributed by atoms with E-state index in [9.17, 15) is 0 Å². The predicted octanol–water partition coefficient (Wildman–Crippen LogP) is 12.7. The molecule has 0 spiro atoms. The second kappa shape index (κ2) is 22.4. The van der Waals surface area contributed by atoms with Crippen LogP contribution in [0.5, 0.6) is 11.5 Å². The minimum Gasteiger partial charge on any atom is -0.494 e. The van der Waals surface area contributed by atoms with E-state index in [2.05, 4.69) is 109 Å². The molecule has 2 aromatic heterocycles. The number of aromatic nitrogens is 2. The summed E-state index contributed by atoms with van der Waals surface area (Å²) in [6, 6.07) is 24.9. The third kappa shape index (κ3) is 14.3. The van der Waals surface area contributed by atoms with Gasteiger partial charge in [0.25, 0.3) is 0 Å². The smallest absolute Gasteiger partial charge is 0.119 e. The molecule has 254 valence electrons. The number of benzene rings is 2. The maximum atomic E-state index is 5.95. The van der Waals surface area contributed by atoms with Gasteiger partial charge in [-0.1, -0.05) is 139 Å². The molecule has 0 aliphatic rings. The summed E-state index contributed by atoms with van der Waals surface area (Å²) in [4.78, 5) is 9.21. The lowest BCUT2D eigenvalue weighted by atomic mass is 10.1.